The van der Waals surface area contributed by atoms with E-state index in [0.29, 0.717) is 0 Å². The van der Waals surface area contributed by atoms with Crippen LogP contribution in [0.2, 0.25) is 0 Å². The molecule has 0 aromatic carbocycles. The Kier molecular flexibility index (Phi) is 4.66. The number of nitrogens with zero attached hydrogens (tertiary/aromatic N) is 2. The molecule has 0 saturated carbocycles. The highest BCUT2D eigenvalue weighted by Gasteiger charge is 2.20. The SMILES string of the molecule is CCCC(NO)N1CCN(C)CC1. The van der Waals surface area contributed by atoms with Crippen molar-refractivity contribution in [2.45, 2.75) is 25.9 Å². The largest absolute Gasteiger partial charge is 0.315 e. The minimum atomic E-state index is 0.152. The van der Waals surface area contributed by atoms with E-state index in [4.69, 9.17) is 5.21 Å². The molecule has 1 aliphatic heterocycles. The molecule has 1 aliphatic rings. The lowest BCUT2D eigenvalue weighted by molar-refractivity contribution is 0.00524. The molecule has 1 fully saturated rings. The summed E-state index contributed by atoms with van der Waals surface area (Å²) in [5, 5.41) is 8.97. The Bertz CT molecular complexity index is 135. The third kappa shape index (κ3) is 3.23. The standard InChI is InChI=1S/C9H21N3O/c1-3-4-9(10-13)12-7-5-11(2)6-8-12/h9-10,13H,3-8H2,1-2H3. The van der Waals surface area contributed by atoms with Crippen LogP contribution in [0.1, 0.15) is 19.8 Å². The topological polar surface area (TPSA) is 38.7 Å². The number of piperazine rings is 1. The van der Waals surface area contributed by atoms with Gasteiger partial charge in [0.1, 0.15) is 0 Å². The molecule has 0 aromatic rings. The average molecular weight is 187 g/mol. The molecule has 0 aliphatic carbocycles. The predicted octanol–water partition coefficient (Wildman–Crippen LogP) is 0.339. The van der Waals surface area contributed by atoms with E-state index in [1.807, 2.05) is 0 Å². The van der Waals surface area contributed by atoms with Crippen LogP contribution >= 0.6 is 0 Å². The fourth-order valence-corrected chi connectivity index (χ4v) is 1.74. The first kappa shape index (κ1) is 10.9. The number of hydrogen-bond donors (Lipinski definition) is 2. The maximum absolute atomic E-state index is 8.97. The quantitative estimate of drug-likeness (QED) is 0.623. The Balaban J connectivity index is 2.32. The van der Waals surface area contributed by atoms with Crippen LogP contribution in [-0.4, -0.2) is 54.4 Å². The molecule has 1 saturated heterocycles. The third-order valence-corrected chi connectivity index (χ3v) is 2.69. The zero-order valence-corrected chi connectivity index (χ0v) is 8.66. The third-order valence-electron chi connectivity index (χ3n) is 2.69. The lowest BCUT2D eigenvalue weighted by Crippen LogP contribution is -2.53. The summed E-state index contributed by atoms with van der Waals surface area (Å²) in [6.45, 7) is 6.44. The Labute approximate surface area is 80.5 Å². The van der Waals surface area contributed by atoms with Crippen LogP contribution in [0.4, 0.5) is 0 Å². The summed E-state index contributed by atoms with van der Waals surface area (Å²) in [5.74, 6) is 0. The van der Waals surface area contributed by atoms with Gasteiger partial charge in [0.25, 0.3) is 0 Å². The normalized spacial score (nSPS) is 23.3. The van der Waals surface area contributed by atoms with Gasteiger partial charge in [-0.2, -0.15) is 5.48 Å². The number of rotatable bonds is 4. The Hall–Kier alpha value is -0.160. The summed E-state index contributed by atoms with van der Waals surface area (Å²) >= 11 is 0. The van der Waals surface area contributed by atoms with Crippen molar-refractivity contribution in [3.63, 3.8) is 0 Å². The molecule has 1 rings (SSSR count). The minimum Gasteiger partial charge on any atom is -0.315 e. The fourth-order valence-electron chi connectivity index (χ4n) is 1.74. The molecule has 13 heavy (non-hydrogen) atoms. The van der Waals surface area contributed by atoms with Gasteiger partial charge in [-0.1, -0.05) is 13.3 Å². The van der Waals surface area contributed by atoms with Crippen molar-refractivity contribution in [2.24, 2.45) is 0 Å². The molecule has 0 aromatic heterocycles. The first-order valence-electron chi connectivity index (χ1n) is 5.10. The van der Waals surface area contributed by atoms with E-state index in [9.17, 15) is 0 Å². The molecule has 0 amide bonds. The van der Waals surface area contributed by atoms with E-state index in [-0.39, 0.29) is 6.17 Å². The van der Waals surface area contributed by atoms with E-state index in [1.54, 1.807) is 0 Å². The summed E-state index contributed by atoms with van der Waals surface area (Å²) in [6, 6.07) is 0. The van der Waals surface area contributed by atoms with Crippen molar-refractivity contribution in [3.8, 4) is 0 Å². The predicted molar refractivity (Wildman–Crippen MR) is 52.7 cm³/mol. The summed E-state index contributed by atoms with van der Waals surface area (Å²) in [7, 11) is 2.14. The molecule has 2 N–H and O–H groups in total. The van der Waals surface area contributed by atoms with Gasteiger partial charge >= 0.3 is 0 Å². The summed E-state index contributed by atoms with van der Waals surface area (Å²) < 4.78 is 0. The first-order chi connectivity index (χ1) is 6.27. The van der Waals surface area contributed by atoms with Crippen LogP contribution in [0.5, 0.6) is 0 Å². The zero-order valence-electron chi connectivity index (χ0n) is 8.66. The molecule has 4 nitrogen and oxygen atoms in total. The number of hydroxylamine groups is 1. The van der Waals surface area contributed by atoms with Gasteiger partial charge < -0.3 is 10.1 Å². The molecule has 1 heterocycles. The van der Waals surface area contributed by atoms with Crippen LogP contribution in [0.15, 0.2) is 0 Å². The molecule has 1 unspecified atom stereocenters. The highest BCUT2D eigenvalue weighted by Crippen LogP contribution is 2.07. The summed E-state index contributed by atoms with van der Waals surface area (Å²) in [6.07, 6.45) is 2.27. The molecule has 78 valence electrons. The average Bonchev–Trinajstić information content (AvgIpc) is 2.16. The minimum absolute atomic E-state index is 0.152. The van der Waals surface area contributed by atoms with Crippen molar-refractivity contribution in [1.29, 1.82) is 0 Å². The molecule has 1 atom stereocenters. The Morgan fingerprint density at radius 3 is 2.38 bits per heavy atom. The second-order valence-corrected chi connectivity index (χ2v) is 3.77. The molecule has 0 bridgehead atoms. The van der Waals surface area contributed by atoms with Crippen LogP contribution in [0, 0.1) is 0 Å². The van der Waals surface area contributed by atoms with Crippen molar-refractivity contribution in [3.05, 3.63) is 0 Å². The maximum atomic E-state index is 8.97. The molecular weight excluding hydrogens is 166 g/mol. The van der Waals surface area contributed by atoms with E-state index >= 15 is 0 Å². The first-order valence-corrected chi connectivity index (χ1v) is 5.10. The highest BCUT2D eigenvalue weighted by atomic mass is 16.5. The van der Waals surface area contributed by atoms with E-state index in [0.717, 1.165) is 39.0 Å². The second kappa shape index (κ2) is 5.54. The van der Waals surface area contributed by atoms with Crippen LogP contribution in [0.3, 0.4) is 0 Å². The zero-order chi connectivity index (χ0) is 9.68. The van der Waals surface area contributed by atoms with E-state index < -0.39 is 0 Å². The Morgan fingerprint density at radius 1 is 1.31 bits per heavy atom. The van der Waals surface area contributed by atoms with Crippen molar-refractivity contribution < 1.29 is 5.21 Å². The fraction of sp³-hybridized carbons (Fsp3) is 1.00. The lowest BCUT2D eigenvalue weighted by Gasteiger charge is -2.37. The van der Waals surface area contributed by atoms with Gasteiger partial charge in [-0.3, -0.25) is 4.90 Å². The maximum Gasteiger partial charge on any atom is 0.0835 e. The van der Waals surface area contributed by atoms with Gasteiger partial charge in [0, 0.05) is 26.2 Å². The van der Waals surface area contributed by atoms with Crippen molar-refractivity contribution in [2.75, 3.05) is 33.2 Å². The van der Waals surface area contributed by atoms with Gasteiger partial charge in [-0.05, 0) is 13.5 Å². The molecule has 0 spiro atoms. The Morgan fingerprint density at radius 2 is 1.92 bits per heavy atom. The summed E-state index contributed by atoms with van der Waals surface area (Å²) in [4.78, 5) is 4.63. The molecule has 0 radical (unpaired) electrons. The van der Waals surface area contributed by atoms with Gasteiger partial charge in [-0.25, -0.2) is 0 Å². The van der Waals surface area contributed by atoms with Crippen molar-refractivity contribution in [1.82, 2.24) is 15.3 Å². The van der Waals surface area contributed by atoms with Crippen LogP contribution < -0.4 is 5.48 Å². The van der Waals surface area contributed by atoms with Crippen LogP contribution in [0.25, 0.3) is 0 Å². The van der Waals surface area contributed by atoms with Crippen molar-refractivity contribution >= 4 is 0 Å². The van der Waals surface area contributed by atoms with E-state index in [1.165, 1.54) is 0 Å². The second-order valence-electron chi connectivity index (χ2n) is 3.77. The smallest absolute Gasteiger partial charge is 0.0835 e. The van der Waals surface area contributed by atoms with Crippen LogP contribution in [-0.2, 0) is 0 Å². The number of hydrogen-bond acceptors (Lipinski definition) is 4. The highest BCUT2D eigenvalue weighted by molar-refractivity contribution is 4.73. The monoisotopic (exact) mass is 187 g/mol. The lowest BCUT2D eigenvalue weighted by atomic mass is 10.2. The van der Waals surface area contributed by atoms with Gasteiger partial charge in [0.15, 0.2) is 0 Å². The van der Waals surface area contributed by atoms with Gasteiger partial charge in [0.05, 0.1) is 6.17 Å². The van der Waals surface area contributed by atoms with E-state index in [2.05, 4.69) is 29.3 Å². The van der Waals surface area contributed by atoms with Gasteiger partial charge in [0.2, 0.25) is 0 Å². The number of nitrogens with one attached hydrogen (secondary N) is 1. The number of likely N-dealkylation sites (N-methyl/N-ethyl adjacent to an activating group) is 1. The molecular formula is C9H21N3O. The van der Waals surface area contributed by atoms with Gasteiger partial charge in [-0.15, -0.1) is 0 Å². The molecule has 4 heteroatoms. The summed E-state index contributed by atoms with van der Waals surface area (Å²) in [5.41, 5.74) is 2.39.